The van der Waals surface area contributed by atoms with Crippen molar-refractivity contribution in [3.8, 4) is 0 Å². The molecule has 3 fully saturated rings. The standard InChI is InChI=1S/C12H21NO2/c1-15-10-6-12(5-9(10)14)8-3-2-7(4-8)11(12)13/h7-11,14H,2-6,13H2,1H3/t7-,8+,9+,10+,11+,12-/m1/s1. The van der Waals surface area contributed by atoms with Crippen molar-refractivity contribution in [3.05, 3.63) is 0 Å². The van der Waals surface area contributed by atoms with E-state index < -0.39 is 0 Å². The van der Waals surface area contributed by atoms with Crippen molar-refractivity contribution >= 4 is 0 Å². The van der Waals surface area contributed by atoms with Crippen molar-refractivity contribution in [2.24, 2.45) is 23.0 Å². The lowest BCUT2D eigenvalue weighted by Gasteiger charge is -2.39. The summed E-state index contributed by atoms with van der Waals surface area (Å²) in [6, 6.07) is 0.311. The molecule has 15 heavy (non-hydrogen) atoms. The first-order valence-electron chi connectivity index (χ1n) is 6.14. The molecule has 3 aliphatic rings. The van der Waals surface area contributed by atoms with Gasteiger partial charge in [0, 0.05) is 13.2 Å². The summed E-state index contributed by atoms with van der Waals surface area (Å²) in [5.41, 5.74) is 6.58. The SMILES string of the molecule is CO[C@H]1C[C@]2(C[C@@H]1O)[C@H]1CC[C@H](C1)[C@@H]2N. The minimum atomic E-state index is -0.291. The Labute approximate surface area is 91.0 Å². The molecule has 3 heteroatoms. The topological polar surface area (TPSA) is 55.5 Å². The molecule has 3 nitrogen and oxygen atoms in total. The minimum absolute atomic E-state index is 0.0235. The molecule has 0 aromatic carbocycles. The zero-order valence-corrected chi connectivity index (χ0v) is 9.36. The summed E-state index contributed by atoms with van der Waals surface area (Å²) in [6.45, 7) is 0. The van der Waals surface area contributed by atoms with Crippen LogP contribution >= 0.6 is 0 Å². The molecule has 0 heterocycles. The van der Waals surface area contributed by atoms with Crippen LogP contribution in [0, 0.1) is 17.3 Å². The van der Waals surface area contributed by atoms with E-state index in [2.05, 4.69) is 0 Å². The Hall–Kier alpha value is -0.120. The molecule has 3 rings (SSSR count). The van der Waals surface area contributed by atoms with Gasteiger partial charge in [-0.25, -0.2) is 0 Å². The third-order valence-electron chi connectivity index (χ3n) is 5.36. The quantitative estimate of drug-likeness (QED) is 0.677. The summed E-state index contributed by atoms with van der Waals surface area (Å²) in [6.07, 6.45) is 5.50. The highest BCUT2D eigenvalue weighted by molar-refractivity contribution is 5.13. The van der Waals surface area contributed by atoms with Crippen LogP contribution in [0.25, 0.3) is 0 Å². The van der Waals surface area contributed by atoms with Crippen LogP contribution in [-0.2, 0) is 4.74 Å². The first kappa shape index (κ1) is 10.1. The predicted molar refractivity (Wildman–Crippen MR) is 57.3 cm³/mol. The molecular weight excluding hydrogens is 190 g/mol. The molecular formula is C12H21NO2. The number of fused-ring (bicyclic) bond motifs is 3. The predicted octanol–water partition coefficient (Wildman–Crippen LogP) is 0.900. The van der Waals surface area contributed by atoms with Gasteiger partial charge in [-0.3, -0.25) is 0 Å². The van der Waals surface area contributed by atoms with Crippen LogP contribution in [-0.4, -0.2) is 30.5 Å². The van der Waals surface area contributed by atoms with Crippen LogP contribution < -0.4 is 5.73 Å². The average Bonchev–Trinajstić information content (AvgIpc) is 2.85. The fourth-order valence-corrected chi connectivity index (χ4v) is 4.57. The van der Waals surface area contributed by atoms with Crippen molar-refractivity contribution in [3.63, 3.8) is 0 Å². The number of aliphatic hydroxyl groups is 1. The average molecular weight is 211 g/mol. The van der Waals surface area contributed by atoms with Crippen molar-refractivity contribution in [2.75, 3.05) is 7.11 Å². The highest BCUT2D eigenvalue weighted by Crippen LogP contribution is 2.62. The molecule has 1 spiro atoms. The summed E-state index contributed by atoms with van der Waals surface area (Å²) >= 11 is 0. The monoisotopic (exact) mass is 211 g/mol. The van der Waals surface area contributed by atoms with Crippen molar-refractivity contribution in [1.82, 2.24) is 0 Å². The molecule has 2 bridgehead atoms. The Morgan fingerprint density at radius 1 is 1.33 bits per heavy atom. The Bertz CT molecular complexity index is 266. The van der Waals surface area contributed by atoms with E-state index in [0.717, 1.165) is 24.7 Å². The molecule has 0 unspecified atom stereocenters. The van der Waals surface area contributed by atoms with E-state index in [9.17, 15) is 5.11 Å². The molecule has 0 saturated heterocycles. The van der Waals surface area contributed by atoms with Crippen LogP contribution in [0.3, 0.4) is 0 Å². The molecule has 0 aromatic rings. The number of methoxy groups -OCH3 is 1. The van der Waals surface area contributed by atoms with Gasteiger partial charge < -0.3 is 15.6 Å². The van der Waals surface area contributed by atoms with Crippen molar-refractivity contribution < 1.29 is 9.84 Å². The molecule has 3 N–H and O–H groups in total. The second kappa shape index (κ2) is 3.19. The summed E-state index contributed by atoms with van der Waals surface area (Å²) in [5.74, 6) is 1.48. The first-order chi connectivity index (χ1) is 7.17. The van der Waals surface area contributed by atoms with E-state index >= 15 is 0 Å². The Morgan fingerprint density at radius 2 is 2.13 bits per heavy atom. The summed E-state index contributed by atoms with van der Waals surface area (Å²) in [5, 5.41) is 9.98. The van der Waals surface area contributed by atoms with E-state index in [1.54, 1.807) is 7.11 Å². The third-order valence-corrected chi connectivity index (χ3v) is 5.36. The number of nitrogens with two attached hydrogens (primary N) is 1. The van der Waals surface area contributed by atoms with E-state index in [4.69, 9.17) is 10.5 Å². The molecule has 0 aliphatic heterocycles. The van der Waals surface area contributed by atoms with Gasteiger partial charge >= 0.3 is 0 Å². The van der Waals surface area contributed by atoms with Crippen LogP contribution in [0.2, 0.25) is 0 Å². The lowest BCUT2D eigenvalue weighted by molar-refractivity contribution is 0.00927. The van der Waals surface area contributed by atoms with Gasteiger partial charge in [-0.2, -0.15) is 0 Å². The van der Waals surface area contributed by atoms with Gasteiger partial charge in [-0.15, -0.1) is 0 Å². The smallest absolute Gasteiger partial charge is 0.0836 e. The molecule has 0 aromatic heterocycles. The molecule has 6 atom stereocenters. The molecule has 3 saturated carbocycles. The van der Waals surface area contributed by atoms with Crippen LogP contribution in [0.15, 0.2) is 0 Å². The van der Waals surface area contributed by atoms with Gasteiger partial charge in [0.25, 0.3) is 0 Å². The zero-order valence-electron chi connectivity index (χ0n) is 9.36. The van der Waals surface area contributed by atoms with E-state index in [0.29, 0.717) is 6.04 Å². The Morgan fingerprint density at radius 3 is 2.67 bits per heavy atom. The molecule has 0 amide bonds. The van der Waals surface area contributed by atoms with Gasteiger partial charge in [-0.1, -0.05) is 0 Å². The summed E-state index contributed by atoms with van der Waals surface area (Å²) < 4.78 is 5.36. The summed E-state index contributed by atoms with van der Waals surface area (Å²) in [4.78, 5) is 0. The number of rotatable bonds is 1. The maximum absolute atomic E-state index is 9.98. The second-order valence-electron chi connectivity index (χ2n) is 5.78. The van der Waals surface area contributed by atoms with Gasteiger partial charge in [-0.05, 0) is 49.4 Å². The Balaban J connectivity index is 1.86. The molecule has 3 aliphatic carbocycles. The fraction of sp³-hybridized carbons (Fsp3) is 1.00. The normalized spacial score (nSPS) is 58.2. The first-order valence-corrected chi connectivity index (χ1v) is 6.14. The number of aliphatic hydroxyl groups excluding tert-OH is 1. The van der Waals surface area contributed by atoms with Crippen molar-refractivity contribution in [1.29, 1.82) is 0 Å². The fourth-order valence-electron chi connectivity index (χ4n) is 4.57. The van der Waals surface area contributed by atoms with Gasteiger partial charge in [0.1, 0.15) is 0 Å². The maximum atomic E-state index is 9.98. The lowest BCUT2D eigenvalue weighted by Crippen LogP contribution is -2.45. The number of hydrogen-bond acceptors (Lipinski definition) is 3. The minimum Gasteiger partial charge on any atom is -0.390 e. The Kier molecular flexibility index (Phi) is 2.14. The highest BCUT2D eigenvalue weighted by Gasteiger charge is 2.61. The van der Waals surface area contributed by atoms with Crippen LogP contribution in [0.5, 0.6) is 0 Å². The van der Waals surface area contributed by atoms with Gasteiger partial charge in [0.2, 0.25) is 0 Å². The number of ether oxygens (including phenoxy) is 1. The largest absolute Gasteiger partial charge is 0.390 e. The van der Waals surface area contributed by atoms with E-state index in [-0.39, 0.29) is 17.6 Å². The molecule has 86 valence electrons. The van der Waals surface area contributed by atoms with E-state index in [1.165, 1.54) is 19.3 Å². The van der Waals surface area contributed by atoms with E-state index in [1.807, 2.05) is 0 Å². The highest BCUT2D eigenvalue weighted by atomic mass is 16.5. The van der Waals surface area contributed by atoms with Crippen molar-refractivity contribution in [2.45, 2.75) is 50.4 Å². The van der Waals surface area contributed by atoms with Gasteiger partial charge in [0.15, 0.2) is 0 Å². The third kappa shape index (κ3) is 1.17. The second-order valence-corrected chi connectivity index (χ2v) is 5.78. The van der Waals surface area contributed by atoms with Gasteiger partial charge in [0.05, 0.1) is 12.2 Å². The summed E-state index contributed by atoms with van der Waals surface area (Å²) in [7, 11) is 1.70. The number of hydrogen-bond donors (Lipinski definition) is 2. The zero-order chi connectivity index (χ0) is 10.6. The molecule has 0 radical (unpaired) electrons. The lowest BCUT2D eigenvalue weighted by atomic mass is 9.69. The van der Waals surface area contributed by atoms with Crippen LogP contribution in [0.4, 0.5) is 0 Å². The maximum Gasteiger partial charge on any atom is 0.0836 e. The van der Waals surface area contributed by atoms with Crippen LogP contribution in [0.1, 0.15) is 32.1 Å².